The summed E-state index contributed by atoms with van der Waals surface area (Å²) >= 11 is 3.23. The molecular weight excluding hydrogens is 305 g/mol. The lowest BCUT2D eigenvalue weighted by Gasteiger charge is -2.36. The van der Waals surface area contributed by atoms with E-state index in [1.54, 1.807) is 6.07 Å². The maximum absolute atomic E-state index is 13.8. The molecule has 2 unspecified atom stereocenters. The Morgan fingerprint density at radius 1 is 1.53 bits per heavy atom. The van der Waals surface area contributed by atoms with Gasteiger partial charge in [0.15, 0.2) is 0 Å². The van der Waals surface area contributed by atoms with E-state index in [4.69, 9.17) is 0 Å². The molecule has 1 aliphatic rings. The maximum Gasteiger partial charge on any atom is 0.129 e. The largest absolute Gasteiger partial charge is 0.303 e. The topological polar surface area (TPSA) is 29.1 Å². The Labute approximate surface area is 112 Å². The molecule has 1 N–H and O–H groups in total. The van der Waals surface area contributed by atoms with Crippen LogP contribution in [0.1, 0.15) is 25.5 Å². The van der Waals surface area contributed by atoms with E-state index >= 15 is 0 Å². The Hall–Kier alpha value is -0.260. The summed E-state index contributed by atoms with van der Waals surface area (Å²) in [6, 6.07) is 4.83. The van der Waals surface area contributed by atoms with Crippen LogP contribution in [0.25, 0.3) is 0 Å². The van der Waals surface area contributed by atoms with Gasteiger partial charge in [0.2, 0.25) is 0 Å². The molecule has 5 heteroatoms. The molecule has 1 saturated heterocycles. The summed E-state index contributed by atoms with van der Waals surface area (Å²) in [6.45, 7) is 3.99. The zero-order valence-electron chi connectivity index (χ0n) is 9.80. The SMILES string of the molecule is CC1(C)CS(=O)CC(c2ccc(Br)cc2F)N1. The fraction of sp³-hybridized carbons (Fsp3) is 0.500. The van der Waals surface area contributed by atoms with Gasteiger partial charge in [0, 0.05) is 43.9 Å². The van der Waals surface area contributed by atoms with Crippen LogP contribution in [0.4, 0.5) is 4.39 Å². The average molecular weight is 320 g/mol. The van der Waals surface area contributed by atoms with Crippen LogP contribution in [0, 0.1) is 5.82 Å². The quantitative estimate of drug-likeness (QED) is 0.862. The van der Waals surface area contributed by atoms with Gasteiger partial charge in [0.1, 0.15) is 5.82 Å². The molecule has 2 nitrogen and oxygen atoms in total. The van der Waals surface area contributed by atoms with Crippen molar-refractivity contribution >= 4 is 26.7 Å². The van der Waals surface area contributed by atoms with Crippen LogP contribution in [-0.4, -0.2) is 21.3 Å². The highest BCUT2D eigenvalue weighted by Gasteiger charge is 2.33. The van der Waals surface area contributed by atoms with Gasteiger partial charge in [-0.15, -0.1) is 0 Å². The molecule has 17 heavy (non-hydrogen) atoms. The van der Waals surface area contributed by atoms with Gasteiger partial charge < -0.3 is 5.32 Å². The second-order valence-corrected chi connectivity index (χ2v) is 7.41. The third kappa shape index (κ3) is 3.14. The molecule has 2 rings (SSSR count). The van der Waals surface area contributed by atoms with Crippen molar-refractivity contribution in [3.05, 3.63) is 34.1 Å². The fourth-order valence-corrected chi connectivity index (χ4v) is 4.13. The third-order valence-corrected chi connectivity index (χ3v) is 5.02. The first kappa shape index (κ1) is 13.2. The lowest BCUT2D eigenvalue weighted by Crippen LogP contribution is -2.52. The van der Waals surface area contributed by atoms with Gasteiger partial charge in [-0.1, -0.05) is 22.0 Å². The number of nitrogens with one attached hydrogen (secondary N) is 1. The first-order valence-corrected chi connectivity index (χ1v) is 7.73. The molecule has 0 aliphatic carbocycles. The van der Waals surface area contributed by atoms with Crippen LogP contribution in [0.3, 0.4) is 0 Å². The molecule has 0 saturated carbocycles. The third-order valence-electron chi connectivity index (χ3n) is 2.78. The Morgan fingerprint density at radius 2 is 2.24 bits per heavy atom. The van der Waals surface area contributed by atoms with Gasteiger partial charge in [0.05, 0.1) is 0 Å². The Morgan fingerprint density at radius 3 is 2.82 bits per heavy atom. The van der Waals surface area contributed by atoms with E-state index in [-0.39, 0.29) is 17.4 Å². The van der Waals surface area contributed by atoms with Crippen molar-refractivity contribution in [1.82, 2.24) is 5.32 Å². The lowest BCUT2D eigenvalue weighted by atomic mass is 10.0. The minimum atomic E-state index is -0.895. The lowest BCUT2D eigenvalue weighted by molar-refractivity contribution is 0.362. The fourth-order valence-electron chi connectivity index (χ4n) is 2.15. The summed E-state index contributed by atoms with van der Waals surface area (Å²) in [5, 5.41) is 3.35. The second-order valence-electron chi connectivity index (χ2n) is 5.00. The molecule has 2 atom stereocenters. The molecule has 0 spiro atoms. The van der Waals surface area contributed by atoms with Crippen molar-refractivity contribution in [2.24, 2.45) is 0 Å². The highest BCUT2D eigenvalue weighted by molar-refractivity contribution is 9.10. The van der Waals surface area contributed by atoms with Crippen molar-refractivity contribution in [3.8, 4) is 0 Å². The second kappa shape index (κ2) is 4.78. The molecular formula is C12H15BrFNOS. The zero-order valence-corrected chi connectivity index (χ0v) is 12.2. The van der Waals surface area contributed by atoms with Crippen molar-refractivity contribution in [2.75, 3.05) is 11.5 Å². The van der Waals surface area contributed by atoms with Crippen LogP contribution < -0.4 is 5.32 Å². The molecule has 0 bridgehead atoms. The molecule has 0 amide bonds. The Bertz CT molecular complexity index is 464. The van der Waals surface area contributed by atoms with E-state index in [1.165, 1.54) is 6.07 Å². The summed E-state index contributed by atoms with van der Waals surface area (Å²) < 4.78 is 26.3. The van der Waals surface area contributed by atoms with Crippen LogP contribution >= 0.6 is 15.9 Å². The van der Waals surface area contributed by atoms with Crippen molar-refractivity contribution < 1.29 is 8.60 Å². The van der Waals surface area contributed by atoms with E-state index < -0.39 is 10.8 Å². The molecule has 1 aromatic rings. The predicted octanol–water partition coefficient (Wildman–Crippen LogP) is 2.76. The highest BCUT2D eigenvalue weighted by atomic mass is 79.9. The number of halogens is 2. The van der Waals surface area contributed by atoms with Gasteiger partial charge in [-0.25, -0.2) is 4.39 Å². The van der Waals surface area contributed by atoms with Gasteiger partial charge in [-0.3, -0.25) is 4.21 Å². The van der Waals surface area contributed by atoms with Crippen molar-refractivity contribution in [3.63, 3.8) is 0 Å². The summed E-state index contributed by atoms with van der Waals surface area (Å²) in [7, 11) is -0.895. The molecule has 1 aliphatic heterocycles. The van der Waals surface area contributed by atoms with Gasteiger partial charge in [-0.05, 0) is 26.0 Å². The standard InChI is InChI=1S/C12H15BrFNOS/c1-12(2)7-17(16)6-11(15-12)9-4-3-8(13)5-10(9)14/h3-5,11,15H,6-7H2,1-2H3. The van der Waals surface area contributed by atoms with E-state index in [0.717, 1.165) is 4.47 Å². The highest BCUT2D eigenvalue weighted by Crippen LogP contribution is 2.27. The minimum absolute atomic E-state index is 0.173. The Kier molecular flexibility index (Phi) is 3.71. The molecule has 0 aromatic heterocycles. The summed E-state index contributed by atoms with van der Waals surface area (Å²) in [5.41, 5.74) is 0.377. The first-order valence-electron chi connectivity index (χ1n) is 5.45. The van der Waals surface area contributed by atoms with Crippen LogP contribution in [0.5, 0.6) is 0 Å². The molecule has 1 fully saturated rings. The number of benzene rings is 1. The molecule has 1 heterocycles. The summed E-state index contributed by atoms with van der Waals surface area (Å²) in [6.07, 6.45) is 0. The zero-order chi connectivity index (χ0) is 12.6. The van der Waals surface area contributed by atoms with E-state index in [2.05, 4.69) is 21.2 Å². The monoisotopic (exact) mass is 319 g/mol. The van der Waals surface area contributed by atoms with E-state index in [9.17, 15) is 8.60 Å². The van der Waals surface area contributed by atoms with Crippen molar-refractivity contribution in [2.45, 2.75) is 25.4 Å². The van der Waals surface area contributed by atoms with Gasteiger partial charge in [0.25, 0.3) is 0 Å². The summed E-state index contributed by atoms with van der Waals surface area (Å²) in [5.74, 6) is 0.829. The first-order chi connectivity index (χ1) is 7.87. The minimum Gasteiger partial charge on any atom is -0.303 e. The number of rotatable bonds is 1. The average Bonchev–Trinajstić information content (AvgIpc) is 2.13. The number of hydrogen-bond acceptors (Lipinski definition) is 2. The van der Waals surface area contributed by atoms with Gasteiger partial charge >= 0.3 is 0 Å². The predicted molar refractivity (Wildman–Crippen MR) is 71.9 cm³/mol. The van der Waals surface area contributed by atoms with E-state index in [0.29, 0.717) is 17.1 Å². The smallest absolute Gasteiger partial charge is 0.129 e. The molecule has 0 radical (unpaired) electrons. The van der Waals surface area contributed by atoms with Crippen LogP contribution in [0.2, 0.25) is 0 Å². The van der Waals surface area contributed by atoms with Crippen LogP contribution in [0.15, 0.2) is 22.7 Å². The van der Waals surface area contributed by atoms with Crippen LogP contribution in [-0.2, 0) is 10.8 Å². The van der Waals surface area contributed by atoms with E-state index in [1.807, 2.05) is 19.9 Å². The van der Waals surface area contributed by atoms with Crippen molar-refractivity contribution in [1.29, 1.82) is 0 Å². The molecule has 1 aromatic carbocycles. The molecule has 94 valence electrons. The maximum atomic E-state index is 13.8. The normalized spacial score (nSPS) is 28.0. The Balaban J connectivity index is 2.30. The summed E-state index contributed by atoms with van der Waals surface area (Å²) in [4.78, 5) is 0. The van der Waals surface area contributed by atoms with Gasteiger partial charge in [-0.2, -0.15) is 0 Å². The number of hydrogen-bond donors (Lipinski definition) is 1.